The number of carbonyl (C=O) groups is 1. The van der Waals surface area contributed by atoms with E-state index in [4.69, 9.17) is 9.47 Å². The largest absolute Gasteiger partial charge is 0.454 e. The molecule has 5 rings (SSSR count). The summed E-state index contributed by atoms with van der Waals surface area (Å²) in [7, 11) is -3.89. The number of anilines is 1. The van der Waals surface area contributed by atoms with Crippen molar-refractivity contribution in [1.29, 1.82) is 0 Å². The second kappa shape index (κ2) is 10.7. The van der Waals surface area contributed by atoms with Crippen molar-refractivity contribution in [2.75, 3.05) is 38.3 Å². The van der Waals surface area contributed by atoms with E-state index in [-0.39, 0.29) is 17.3 Å². The van der Waals surface area contributed by atoms with Gasteiger partial charge < -0.3 is 19.7 Å². The van der Waals surface area contributed by atoms with E-state index >= 15 is 0 Å². The lowest BCUT2D eigenvalue weighted by atomic mass is 10.0. The summed E-state index contributed by atoms with van der Waals surface area (Å²) < 4.78 is 53.5. The van der Waals surface area contributed by atoms with E-state index in [2.05, 4.69) is 19.2 Å². The van der Waals surface area contributed by atoms with Gasteiger partial charge >= 0.3 is 0 Å². The Morgan fingerprint density at radius 2 is 1.71 bits per heavy atom. The molecule has 10 heteroatoms. The molecule has 2 aliphatic rings. The number of nitrogens with zero attached hydrogens (tertiary/aromatic N) is 1. The number of benzene rings is 3. The van der Waals surface area contributed by atoms with Crippen LogP contribution in [-0.2, 0) is 16.6 Å². The van der Waals surface area contributed by atoms with Crippen molar-refractivity contribution in [3.63, 3.8) is 0 Å². The summed E-state index contributed by atoms with van der Waals surface area (Å²) in [6.07, 6.45) is 0. The fraction of sp³-hybridized carbons (Fsp3) is 0.321. The number of ether oxygens (including phenoxy) is 2. The number of halogens is 1. The Labute approximate surface area is 222 Å². The van der Waals surface area contributed by atoms with Crippen LogP contribution >= 0.6 is 0 Å². The van der Waals surface area contributed by atoms with Crippen molar-refractivity contribution in [2.24, 2.45) is 0 Å². The molecule has 2 N–H and O–H groups in total. The van der Waals surface area contributed by atoms with Crippen LogP contribution in [0.5, 0.6) is 11.5 Å². The van der Waals surface area contributed by atoms with Crippen molar-refractivity contribution in [3.8, 4) is 11.5 Å². The quantitative estimate of drug-likeness (QED) is 0.481. The van der Waals surface area contributed by atoms with Gasteiger partial charge in [0.15, 0.2) is 11.5 Å². The lowest BCUT2D eigenvalue weighted by Crippen LogP contribution is -3.13. The van der Waals surface area contributed by atoms with Crippen molar-refractivity contribution >= 4 is 21.6 Å². The molecule has 8 nitrogen and oxygen atoms in total. The third kappa shape index (κ3) is 5.52. The lowest BCUT2D eigenvalue weighted by Gasteiger charge is -2.31. The highest BCUT2D eigenvalue weighted by atomic mass is 32.2. The van der Waals surface area contributed by atoms with E-state index in [0.29, 0.717) is 37.8 Å². The normalized spacial score (nSPS) is 16.1. The van der Waals surface area contributed by atoms with Gasteiger partial charge in [-0.25, -0.2) is 12.8 Å². The number of piperazine rings is 1. The summed E-state index contributed by atoms with van der Waals surface area (Å²) in [5.74, 6) is 0.321. The minimum absolute atomic E-state index is 0.0987. The second-order valence-electron chi connectivity index (χ2n) is 9.89. The molecule has 1 saturated heterocycles. The van der Waals surface area contributed by atoms with E-state index in [1.165, 1.54) is 15.3 Å². The number of carbonyl (C=O) groups excluding carboxylic acids is 1. The van der Waals surface area contributed by atoms with Crippen LogP contribution in [0, 0.1) is 5.82 Å². The van der Waals surface area contributed by atoms with Gasteiger partial charge in [0.05, 0.1) is 36.6 Å². The first-order chi connectivity index (χ1) is 18.2. The summed E-state index contributed by atoms with van der Waals surface area (Å²) in [6, 6.07) is 16.5. The van der Waals surface area contributed by atoms with E-state index in [0.717, 1.165) is 41.3 Å². The Bertz CT molecular complexity index is 1440. The number of sulfonamides is 1. The minimum atomic E-state index is -3.89. The summed E-state index contributed by atoms with van der Waals surface area (Å²) in [5.41, 5.74) is 2.40. The first-order valence-electron chi connectivity index (χ1n) is 12.6. The van der Waals surface area contributed by atoms with Crippen LogP contribution in [0.1, 0.15) is 41.3 Å². The first kappa shape index (κ1) is 26.1. The van der Waals surface area contributed by atoms with Gasteiger partial charge in [-0.15, -0.1) is 0 Å². The number of fused-ring (bicyclic) bond motifs is 1. The minimum Gasteiger partial charge on any atom is -0.454 e. The molecule has 1 amide bonds. The van der Waals surface area contributed by atoms with E-state index in [9.17, 15) is 17.6 Å². The van der Waals surface area contributed by atoms with Crippen LogP contribution in [-0.4, -0.2) is 51.6 Å². The Kier molecular flexibility index (Phi) is 7.38. The molecule has 1 fully saturated rings. The third-order valence-corrected chi connectivity index (χ3v) is 8.87. The van der Waals surface area contributed by atoms with Crippen LogP contribution in [0.25, 0.3) is 0 Å². The fourth-order valence-electron chi connectivity index (χ4n) is 4.70. The summed E-state index contributed by atoms with van der Waals surface area (Å²) in [5, 5.41) is 2.66. The average molecular weight is 541 g/mol. The zero-order valence-corrected chi connectivity index (χ0v) is 22.2. The Balaban J connectivity index is 1.24. The highest BCUT2D eigenvalue weighted by Gasteiger charge is 2.31. The van der Waals surface area contributed by atoms with Crippen LogP contribution < -0.4 is 19.7 Å². The fourth-order valence-corrected chi connectivity index (χ4v) is 6.17. The molecule has 0 saturated carbocycles. The number of quaternary nitrogens is 1. The standard InChI is InChI=1S/C28H30FN3O5S/c1-19(2)21-4-6-22(7-5-21)30-28(33)24-16-23(8-9-25(24)29)38(34,35)32-13-11-31(12-14-32)17-20-3-10-26-27(15-20)37-18-36-26/h3-10,15-16,19H,11-14,17-18H2,1-2H3,(H,30,33)/p+1. The van der Waals surface area contributed by atoms with Crippen molar-refractivity contribution in [2.45, 2.75) is 31.2 Å². The van der Waals surface area contributed by atoms with Gasteiger partial charge in [-0.3, -0.25) is 4.79 Å². The predicted molar refractivity (Wildman–Crippen MR) is 141 cm³/mol. The molecule has 0 bridgehead atoms. The lowest BCUT2D eigenvalue weighted by molar-refractivity contribution is -0.917. The maximum atomic E-state index is 14.6. The zero-order valence-electron chi connectivity index (χ0n) is 21.4. The number of amides is 1. The SMILES string of the molecule is CC(C)c1ccc(NC(=O)c2cc(S(=O)(=O)N3CC[NH+](Cc4ccc5c(c4)OCO5)CC3)ccc2F)cc1. The molecule has 200 valence electrons. The number of nitrogens with one attached hydrogen (secondary N) is 2. The van der Waals surface area contributed by atoms with Gasteiger partial charge in [-0.05, 0) is 60.0 Å². The van der Waals surface area contributed by atoms with Crippen molar-refractivity contribution in [3.05, 3.63) is 83.2 Å². The topological polar surface area (TPSA) is 89.4 Å². The van der Waals surface area contributed by atoms with Gasteiger partial charge in [0.1, 0.15) is 12.4 Å². The molecule has 3 aromatic rings. The molecule has 0 radical (unpaired) electrons. The second-order valence-corrected chi connectivity index (χ2v) is 11.8. The van der Waals surface area contributed by atoms with Crippen LogP contribution in [0.15, 0.2) is 65.6 Å². The Morgan fingerprint density at radius 1 is 1.00 bits per heavy atom. The monoisotopic (exact) mass is 540 g/mol. The number of hydrogen-bond acceptors (Lipinski definition) is 5. The Hall–Kier alpha value is -3.47. The highest BCUT2D eigenvalue weighted by Crippen LogP contribution is 2.32. The number of hydrogen-bond donors (Lipinski definition) is 2. The Morgan fingerprint density at radius 3 is 2.42 bits per heavy atom. The maximum Gasteiger partial charge on any atom is 0.258 e. The van der Waals surface area contributed by atoms with Crippen LogP contribution in [0.2, 0.25) is 0 Å². The smallest absolute Gasteiger partial charge is 0.258 e. The molecule has 0 aromatic heterocycles. The summed E-state index contributed by atoms with van der Waals surface area (Å²) >= 11 is 0. The van der Waals surface area contributed by atoms with E-state index in [1.807, 2.05) is 30.3 Å². The van der Waals surface area contributed by atoms with Crippen LogP contribution in [0.4, 0.5) is 10.1 Å². The highest BCUT2D eigenvalue weighted by molar-refractivity contribution is 7.89. The van der Waals surface area contributed by atoms with Gasteiger partial charge in [0, 0.05) is 11.3 Å². The molecular formula is C28H31FN3O5S+. The molecule has 2 aliphatic heterocycles. The van der Waals surface area contributed by atoms with Crippen LogP contribution in [0.3, 0.4) is 0 Å². The molecule has 0 unspecified atom stereocenters. The van der Waals surface area contributed by atoms with Gasteiger partial charge in [0.25, 0.3) is 5.91 Å². The zero-order chi connectivity index (χ0) is 26.9. The molecule has 2 heterocycles. The molecule has 0 spiro atoms. The molecule has 0 aliphatic carbocycles. The number of rotatable bonds is 7. The predicted octanol–water partition coefficient (Wildman–Crippen LogP) is 3.02. The van der Waals surface area contributed by atoms with Crippen molar-refractivity contribution in [1.82, 2.24) is 4.31 Å². The van der Waals surface area contributed by atoms with E-state index in [1.54, 1.807) is 12.1 Å². The molecule has 38 heavy (non-hydrogen) atoms. The van der Waals surface area contributed by atoms with E-state index < -0.39 is 21.7 Å². The summed E-state index contributed by atoms with van der Waals surface area (Å²) in [6.45, 7) is 6.98. The van der Waals surface area contributed by atoms with Gasteiger partial charge in [-0.2, -0.15) is 4.31 Å². The molecule has 3 aromatic carbocycles. The average Bonchev–Trinajstić information content (AvgIpc) is 3.37. The van der Waals surface area contributed by atoms with Gasteiger partial charge in [-0.1, -0.05) is 26.0 Å². The molecule has 0 atom stereocenters. The van der Waals surface area contributed by atoms with Gasteiger partial charge in [0.2, 0.25) is 16.8 Å². The first-order valence-corrected chi connectivity index (χ1v) is 14.1. The third-order valence-electron chi connectivity index (χ3n) is 6.98. The van der Waals surface area contributed by atoms with Crippen molar-refractivity contribution < 1.29 is 32.0 Å². The maximum absolute atomic E-state index is 14.6. The summed E-state index contributed by atoms with van der Waals surface area (Å²) in [4.78, 5) is 14.0. The molecular weight excluding hydrogens is 509 g/mol.